The van der Waals surface area contributed by atoms with E-state index in [1.165, 1.54) is 24.3 Å². The highest BCUT2D eigenvalue weighted by Gasteiger charge is 2.39. The predicted molar refractivity (Wildman–Crippen MR) is 108 cm³/mol. The molecule has 0 heterocycles. The molecule has 2 aromatic rings. The molecule has 0 aliphatic rings. The van der Waals surface area contributed by atoms with Gasteiger partial charge in [-0.2, -0.15) is 0 Å². The number of benzene rings is 2. The number of nitro benzene ring substituents is 1. The van der Waals surface area contributed by atoms with E-state index in [2.05, 4.69) is 0 Å². The average molecular weight is 413 g/mol. The van der Waals surface area contributed by atoms with Crippen molar-refractivity contribution in [3.63, 3.8) is 0 Å². The van der Waals surface area contributed by atoms with Crippen LogP contribution in [0.15, 0.2) is 54.6 Å². The first kappa shape index (κ1) is 22.7. The van der Waals surface area contributed by atoms with E-state index in [0.717, 1.165) is 0 Å². The smallest absolute Gasteiger partial charge is 0.320 e. The van der Waals surface area contributed by atoms with E-state index in [4.69, 9.17) is 9.47 Å². The van der Waals surface area contributed by atoms with Crippen LogP contribution in [0.3, 0.4) is 0 Å². The van der Waals surface area contributed by atoms with Gasteiger partial charge in [0, 0.05) is 30.0 Å². The van der Waals surface area contributed by atoms with E-state index >= 15 is 0 Å². The first-order valence-electron chi connectivity index (χ1n) is 9.54. The summed E-state index contributed by atoms with van der Waals surface area (Å²) >= 11 is 0. The van der Waals surface area contributed by atoms with Gasteiger partial charge in [0.2, 0.25) is 0 Å². The monoisotopic (exact) mass is 413 g/mol. The second kappa shape index (κ2) is 10.8. The SMILES string of the molecule is CCOC(=O)C(C(=O)OCC)C(CC(=O)c1ccccc1)c1ccc([N+](=O)[O-])cc1. The summed E-state index contributed by atoms with van der Waals surface area (Å²) < 4.78 is 10.1. The van der Waals surface area contributed by atoms with Crippen LogP contribution in [0.2, 0.25) is 0 Å². The second-order valence-corrected chi connectivity index (χ2v) is 6.43. The highest BCUT2D eigenvalue weighted by molar-refractivity contribution is 6.00. The molecular weight excluding hydrogens is 390 g/mol. The lowest BCUT2D eigenvalue weighted by Gasteiger charge is -2.24. The van der Waals surface area contributed by atoms with Crippen molar-refractivity contribution < 1.29 is 28.8 Å². The van der Waals surface area contributed by atoms with Crippen LogP contribution >= 0.6 is 0 Å². The Labute approximate surface area is 174 Å². The Morgan fingerprint density at radius 3 is 1.90 bits per heavy atom. The van der Waals surface area contributed by atoms with E-state index in [1.54, 1.807) is 44.2 Å². The fourth-order valence-electron chi connectivity index (χ4n) is 3.10. The number of hydrogen-bond donors (Lipinski definition) is 0. The molecule has 0 aliphatic carbocycles. The number of carbonyl (C=O) groups is 3. The molecule has 0 saturated carbocycles. The van der Waals surface area contributed by atoms with E-state index in [9.17, 15) is 24.5 Å². The number of ether oxygens (including phenoxy) is 2. The fourth-order valence-corrected chi connectivity index (χ4v) is 3.10. The summed E-state index contributed by atoms with van der Waals surface area (Å²) in [5, 5.41) is 11.0. The zero-order chi connectivity index (χ0) is 22.1. The maximum absolute atomic E-state index is 12.9. The van der Waals surface area contributed by atoms with Crippen molar-refractivity contribution in [2.24, 2.45) is 5.92 Å². The number of esters is 2. The van der Waals surface area contributed by atoms with E-state index in [-0.39, 0.29) is 31.1 Å². The molecule has 1 unspecified atom stereocenters. The quantitative estimate of drug-likeness (QED) is 0.192. The first-order chi connectivity index (χ1) is 14.4. The Bertz CT molecular complexity index is 875. The zero-order valence-electron chi connectivity index (χ0n) is 16.8. The third-order valence-electron chi connectivity index (χ3n) is 4.52. The molecule has 0 saturated heterocycles. The largest absolute Gasteiger partial charge is 0.465 e. The van der Waals surface area contributed by atoms with Crippen molar-refractivity contribution >= 4 is 23.4 Å². The highest BCUT2D eigenvalue weighted by Crippen LogP contribution is 2.33. The van der Waals surface area contributed by atoms with Crippen molar-refractivity contribution in [2.45, 2.75) is 26.2 Å². The lowest BCUT2D eigenvalue weighted by Crippen LogP contribution is -2.34. The van der Waals surface area contributed by atoms with Crippen LogP contribution in [-0.2, 0) is 19.1 Å². The molecule has 1 atom stereocenters. The van der Waals surface area contributed by atoms with E-state index < -0.39 is 28.7 Å². The van der Waals surface area contributed by atoms with Gasteiger partial charge in [-0.15, -0.1) is 0 Å². The number of rotatable bonds is 10. The number of hydrogen-bond acceptors (Lipinski definition) is 7. The standard InChI is InChI=1S/C22H23NO7/c1-3-29-21(25)20(22(26)30-4-2)18(14-19(24)16-8-6-5-7-9-16)15-10-12-17(13-11-15)23(27)28/h5-13,18,20H,3-4,14H2,1-2H3. The number of non-ortho nitro benzene ring substituents is 1. The van der Waals surface area contributed by atoms with Gasteiger partial charge < -0.3 is 9.47 Å². The molecule has 0 fully saturated rings. The number of ketones is 1. The van der Waals surface area contributed by atoms with Crippen molar-refractivity contribution in [3.05, 3.63) is 75.8 Å². The summed E-state index contributed by atoms with van der Waals surface area (Å²) in [5.41, 5.74) is 0.711. The summed E-state index contributed by atoms with van der Waals surface area (Å²) in [6, 6.07) is 13.9. The number of nitro groups is 1. The molecule has 0 spiro atoms. The van der Waals surface area contributed by atoms with Gasteiger partial charge in [-0.05, 0) is 19.4 Å². The predicted octanol–water partition coefficient (Wildman–Crippen LogP) is 3.69. The van der Waals surface area contributed by atoms with Crippen LogP contribution in [0.1, 0.15) is 42.1 Å². The van der Waals surface area contributed by atoms with Gasteiger partial charge in [-0.25, -0.2) is 0 Å². The molecule has 0 radical (unpaired) electrons. The molecule has 0 amide bonds. The average Bonchev–Trinajstić information content (AvgIpc) is 2.74. The summed E-state index contributed by atoms with van der Waals surface area (Å²) in [6.07, 6.45) is -0.176. The summed E-state index contributed by atoms with van der Waals surface area (Å²) in [4.78, 5) is 48.5. The van der Waals surface area contributed by atoms with Gasteiger partial charge in [-0.3, -0.25) is 24.5 Å². The van der Waals surface area contributed by atoms with E-state index in [0.29, 0.717) is 11.1 Å². The number of Topliss-reactive ketones (excluding diaryl/α,β-unsaturated/α-hetero) is 1. The van der Waals surface area contributed by atoms with Gasteiger partial charge in [0.1, 0.15) is 0 Å². The molecule has 30 heavy (non-hydrogen) atoms. The molecule has 0 aliphatic heterocycles. The second-order valence-electron chi connectivity index (χ2n) is 6.43. The van der Waals surface area contributed by atoms with Crippen molar-refractivity contribution in [1.29, 1.82) is 0 Å². The Morgan fingerprint density at radius 1 is 0.900 bits per heavy atom. The van der Waals surface area contributed by atoms with Crippen LogP contribution in [0.25, 0.3) is 0 Å². The molecule has 158 valence electrons. The summed E-state index contributed by atoms with van der Waals surface area (Å²) in [5.74, 6) is -4.17. The summed E-state index contributed by atoms with van der Waals surface area (Å²) in [7, 11) is 0. The molecule has 2 rings (SSSR count). The Kier molecular flexibility index (Phi) is 8.22. The highest BCUT2D eigenvalue weighted by atomic mass is 16.6. The maximum atomic E-state index is 12.9. The third kappa shape index (κ3) is 5.73. The fraction of sp³-hybridized carbons (Fsp3) is 0.318. The van der Waals surface area contributed by atoms with Gasteiger partial charge in [0.05, 0.1) is 18.1 Å². The lowest BCUT2D eigenvalue weighted by atomic mass is 9.81. The van der Waals surface area contributed by atoms with E-state index in [1.807, 2.05) is 0 Å². The zero-order valence-corrected chi connectivity index (χ0v) is 16.8. The van der Waals surface area contributed by atoms with Gasteiger partial charge in [0.25, 0.3) is 5.69 Å². The number of carbonyl (C=O) groups excluding carboxylic acids is 3. The third-order valence-corrected chi connectivity index (χ3v) is 4.52. The Morgan fingerprint density at radius 2 is 1.43 bits per heavy atom. The van der Waals surface area contributed by atoms with Crippen LogP contribution in [0.5, 0.6) is 0 Å². The minimum Gasteiger partial charge on any atom is -0.465 e. The molecule has 2 aromatic carbocycles. The Hall–Kier alpha value is -3.55. The number of nitrogens with zero attached hydrogens (tertiary/aromatic N) is 1. The minimum atomic E-state index is -1.38. The summed E-state index contributed by atoms with van der Waals surface area (Å²) in [6.45, 7) is 3.31. The van der Waals surface area contributed by atoms with Crippen molar-refractivity contribution in [1.82, 2.24) is 0 Å². The molecular formula is C22H23NO7. The van der Waals surface area contributed by atoms with Crippen LogP contribution in [0, 0.1) is 16.0 Å². The van der Waals surface area contributed by atoms with Crippen LogP contribution in [-0.4, -0.2) is 35.9 Å². The topological polar surface area (TPSA) is 113 Å². The molecule has 0 N–H and O–H groups in total. The maximum Gasteiger partial charge on any atom is 0.320 e. The van der Waals surface area contributed by atoms with Crippen LogP contribution < -0.4 is 0 Å². The molecule has 8 nitrogen and oxygen atoms in total. The lowest BCUT2D eigenvalue weighted by molar-refractivity contribution is -0.384. The normalized spacial score (nSPS) is 11.6. The van der Waals surface area contributed by atoms with Gasteiger partial charge in [0.15, 0.2) is 11.7 Å². The van der Waals surface area contributed by atoms with Gasteiger partial charge >= 0.3 is 11.9 Å². The van der Waals surface area contributed by atoms with Crippen LogP contribution in [0.4, 0.5) is 5.69 Å². The molecule has 0 bridgehead atoms. The first-order valence-corrected chi connectivity index (χ1v) is 9.54. The van der Waals surface area contributed by atoms with Crippen molar-refractivity contribution in [2.75, 3.05) is 13.2 Å². The molecule has 0 aromatic heterocycles. The van der Waals surface area contributed by atoms with Gasteiger partial charge in [-0.1, -0.05) is 42.5 Å². The minimum absolute atomic E-state index is 0.0500. The Balaban J connectivity index is 2.48. The molecule has 8 heteroatoms. The van der Waals surface area contributed by atoms with Crippen molar-refractivity contribution in [3.8, 4) is 0 Å².